The molecule has 0 spiro atoms. The Morgan fingerprint density at radius 2 is 2.00 bits per heavy atom. The standard InChI is InChI=1S/C16H23BrFN/c1-11(2)9-19-10-14(12(3)4)7-13-8-15(18)5-6-16(13)17/h5-8,11-12,19H,9-10H2,1-4H3/b14-7-. The van der Waals surface area contributed by atoms with Gasteiger partial charge in [0.05, 0.1) is 0 Å². The fourth-order valence-corrected chi connectivity index (χ4v) is 2.11. The zero-order chi connectivity index (χ0) is 14.4. The highest BCUT2D eigenvalue weighted by molar-refractivity contribution is 9.10. The smallest absolute Gasteiger partial charge is 0.123 e. The molecule has 106 valence electrons. The van der Waals surface area contributed by atoms with Crippen molar-refractivity contribution in [1.29, 1.82) is 0 Å². The van der Waals surface area contributed by atoms with Crippen molar-refractivity contribution in [2.75, 3.05) is 13.1 Å². The lowest BCUT2D eigenvalue weighted by Crippen LogP contribution is -2.23. The molecule has 0 amide bonds. The second kappa shape index (κ2) is 7.81. The van der Waals surface area contributed by atoms with Gasteiger partial charge in [0.15, 0.2) is 0 Å². The van der Waals surface area contributed by atoms with Crippen LogP contribution < -0.4 is 5.32 Å². The Balaban J connectivity index is 2.85. The van der Waals surface area contributed by atoms with Crippen LogP contribution in [-0.2, 0) is 0 Å². The van der Waals surface area contributed by atoms with Gasteiger partial charge in [-0.1, -0.05) is 55.3 Å². The molecule has 0 fully saturated rings. The maximum atomic E-state index is 13.3. The van der Waals surface area contributed by atoms with Gasteiger partial charge >= 0.3 is 0 Å². The lowest BCUT2D eigenvalue weighted by Gasteiger charge is -2.14. The van der Waals surface area contributed by atoms with Crippen LogP contribution in [0.5, 0.6) is 0 Å². The number of rotatable bonds is 6. The first-order valence-corrected chi connectivity index (χ1v) is 7.55. The zero-order valence-corrected chi connectivity index (χ0v) is 13.7. The molecule has 0 aliphatic rings. The first-order chi connectivity index (χ1) is 8.90. The van der Waals surface area contributed by atoms with Crippen LogP contribution in [0.1, 0.15) is 33.3 Å². The van der Waals surface area contributed by atoms with Gasteiger partial charge in [0.25, 0.3) is 0 Å². The van der Waals surface area contributed by atoms with E-state index in [0.29, 0.717) is 11.8 Å². The van der Waals surface area contributed by atoms with Crippen LogP contribution in [0.2, 0.25) is 0 Å². The fraction of sp³-hybridized carbons (Fsp3) is 0.500. The summed E-state index contributed by atoms with van der Waals surface area (Å²) in [4.78, 5) is 0. The summed E-state index contributed by atoms with van der Waals surface area (Å²) in [5.41, 5.74) is 2.18. The van der Waals surface area contributed by atoms with E-state index in [-0.39, 0.29) is 5.82 Å². The minimum absolute atomic E-state index is 0.201. The van der Waals surface area contributed by atoms with Gasteiger partial charge in [-0.05, 0) is 42.1 Å². The lowest BCUT2D eigenvalue weighted by molar-refractivity contribution is 0.558. The predicted octanol–water partition coefficient (Wildman–Crippen LogP) is 4.87. The average Bonchev–Trinajstić information content (AvgIpc) is 2.31. The molecule has 0 radical (unpaired) electrons. The molecule has 0 aromatic heterocycles. The van der Waals surface area contributed by atoms with E-state index in [1.807, 2.05) is 0 Å². The molecule has 0 saturated carbocycles. The van der Waals surface area contributed by atoms with Crippen molar-refractivity contribution in [1.82, 2.24) is 5.32 Å². The summed E-state index contributed by atoms with van der Waals surface area (Å²) in [6.07, 6.45) is 2.07. The van der Waals surface area contributed by atoms with Crippen molar-refractivity contribution < 1.29 is 4.39 Å². The van der Waals surface area contributed by atoms with Gasteiger partial charge in [-0.3, -0.25) is 0 Å². The van der Waals surface area contributed by atoms with E-state index in [2.05, 4.69) is 55.0 Å². The van der Waals surface area contributed by atoms with Crippen LogP contribution >= 0.6 is 15.9 Å². The van der Waals surface area contributed by atoms with Crippen molar-refractivity contribution >= 4 is 22.0 Å². The van der Waals surface area contributed by atoms with Crippen LogP contribution in [-0.4, -0.2) is 13.1 Å². The molecule has 1 aromatic carbocycles. The van der Waals surface area contributed by atoms with E-state index in [1.54, 1.807) is 12.1 Å². The molecular weight excluding hydrogens is 305 g/mol. The third-order valence-corrected chi connectivity index (χ3v) is 3.64. The summed E-state index contributed by atoms with van der Waals surface area (Å²) in [5, 5.41) is 3.44. The fourth-order valence-electron chi connectivity index (χ4n) is 1.75. The zero-order valence-electron chi connectivity index (χ0n) is 12.1. The quantitative estimate of drug-likeness (QED) is 0.785. The molecule has 1 rings (SSSR count). The van der Waals surface area contributed by atoms with E-state index >= 15 is 0 Å². The molecule has 19 heavy (non-hydrogen) atoms. The molecule has 0 atom stereocenters. The van der Waals surface area contributed by atoms with Crippen molar-refractivity contribution in [3.63, 3.8) is 0 Å². The first kappa shape index (κ1) is 16.4. The Labute approximate surface area is 124 Å². The summed E-state index contributed by atoms with van der Waals surface area (Å²) < 4.78 is 14.2. The van der Waals surface area contributed by atoms with E-state index in [1.165, 1.54) is 11.6 Å². The summed E-state index contributed by atoms with van der Waals surface area (Å²) in [7, 11) is 0. The Morgan fingerprint density at radius 1 is 1.32 bits per heavy atom. The molecule has 3 heteroatoms. The number of hydrogen-bond donors (Lipinski definition) is 1. The van der Waals surface area contributed by atoms with Crippen molar-refractivity contribution in [2.24, 2.45) is 11.8 Å². The normalized spacial score (nSPS) is 12.5. The number of halogens is 2. The highest BCUT2D eigenvalue weighted by atomic mass is 79.9. The molecule has 0 heterocycles. The molecule has 0 saturated heterocycles. The summed E-state index contributed by atoms with van der Waals surface area (Å²) in [6, 6.07) is 4.78. The van der Waals surface area contributed by atoms with Crippen LogP contribution in [0, 0.1) is 17.7 Å². The second-order valence-corrected chi connectivity index (χ2v) is 6.42. The van der Waals surface area contributed by atoms with E-state index in [4.69, 9.17) is 0 Å². The monoisotopic (exact) mass is 327 g/mol. The average molecular weight is 328 g/mol. The van der Waals surface area contributed by atoms with Gasteiger partial charge in [-0.15, -0.1) is 0 Å². The Bertz CT molecular complexity index is 438. The minimum atomic E-state index is -0.201. The van der Waals surface area contributed by atoms with Gasteiger partial charge in [0, 0.05) is 11.0 Å². The summed E-state index contributed by atoms with van der Waals surface area (Å²) in [5.74, 6) is 0.872. The number of benzene rings is 1. The highest BCUT2D eigenvalue weighted by Crippen LogP contribution is 2.22. The molecule has 0 aliphatic heterocycles. The maximum absolute atomic E-state index is 13.3. The molecule has 0 bridgehead atoms. The lowest BCUT2D eigenvalue weighted by atomic mass is 10.00. The molecular formula is C16H23BrFN. The number of nitrogens with one attached hydrogen (secondary N) is 1. The van der Waals surface area contributed by atoms with E-state index in [9.17, 15) is 4.39 Å². The third-order valence-electron chi connectivity index (χ3n) is 2.92. The topological polar surface area (TPSA) is 12.0 Å². The molecule has 0 unspecified atom stereocenters. The van der Waals surface area contributed by atoms with Crippen molar-refractivity contribution in [3.8, 4) is 0 Å². The van der Waals surface area contributed by atoms with Gasteiger partial charge < -0.3 is 5.32 Å². The van der Waals surface area contributed by atoms with Crippen molar-refractivity contribution in [3.05, 3.63) is 39.6 Å². The Morgan fingerprint density at radius 3 is 2.58 bits per heavy atom. The molecule has 0 aliphatic carbocycles. The van der Waals surface area contributed by atoms with Gasteiger partial charge in [-0.2, -0.15) is 0 Å². The van der Waals surface area contributed by atoms with Crippen LogP contribution in [0.25, 0.3) is 6.08 Å². The highest BCUT2D eigenvalue weighted by Gasteiger charge is 2.06. The number of hydrogen-bond acceptors (Lipinski definition) is 1. The Hall–Kier alpha value is -0.670. The first-order valence-electron chi connectivity index (χ1n) is 6.76. The van der Waals surface area contributed by atoms with Crippen LogP contribution in [0.4, 0.5) is 4.39 Å². The molecule has 1 aromatic rings. The van der Waals surface area contributed by atoms with Gasteiger partial charge in [0.1, 0.15) is 5.82 Å². The maximum Gasteiger partial charge on any atom is 0.123 e. The van der Waals surface area contributed by atoms with Crippen LogP contribution in [0.3, 0.4) is 0 Å². The third kappa shape index (κ3) is 5.87. The second-order valence-electron chi connectivity index (χ2n) is 5.56. The minimum Gasteiger partial charge on any atom is -0.313 e. The SMILES string of the molecule is CC(C)CNC/C(=C/c1cc(F)ccc1Br)C(C)C. The molecule has 1 N–H and O–H groups in total. The molecule has 1 nitrogen and oxygen atoms in total. The van der Waals surface area contributed by atoms with Gasteiger partial charge in [0.2, 0.25) is 0 Å². The van der Waals surface area contributed by atoms with Crippen LogP contribution in [0.15, 0.2) is 28.2 Å². The van der Waals surface area contributed by atoms with E-state index in [0.717, 1.165) is 23.1 Å². The summed E-state index contributed by atoms with van der Waals surface area (Å²) >= 11 is 3.47. The van der Waals surface area contributed by atoms with E-state index < -0.39 is 0 Å². The largest absolute Gasteiger partial charge is 0.313 e. The predicted molar refractivity (Wildman–Crippen MR) is 84.6 cm³/mol. The van der Waals surface area contributed by atoms with Gasteiger partial charge in [-0.25, -0.2) is 4.39 Å². The van der Waals surface area contributed by atoms with Crippen molar-refractivity contribution in [2.45, 2.75) is 27.7 Å². The summed E-state index contributed by atoms with van der Waals surface area (Å²) in [6.45, 7) is 10.5. The Kier molecular flexibility index (Phi) is 6.73.